The van der Waals surface area contributed by atoms with Crippen LogP contribution < -0.4 is 10.5 Å². The first-order valence-corrected chi connectivity index (χ1v) is 6.83. The second-order valence-electron chi connectivity index (χ2n) is 4.67. The molecule has 3 nitrogen and oxygen atoms in total. The first-order chi connectivity index (χ1) is 8.22. The highest BCUT2D eigenvalue weighted by Crippen LogP contribution is 2.34. The van der Waals surface area contributed by atoms with E-state index in [1.807, 2.05) is 19.1 Å². The maximum absolute atomic E-state index is 5.98. The van der Waals surface area contributed by atoms with Crippen molar-refractivity contribution in [1.82, 2.24) is 4.98 Å². The van der Waals surface area contributed by atoms with E-state index in [0.717, 1.165) is 45.6 Å². The zero-order valence-electron chi connectivity index (χ0n) is 9.90. The number of aryl methyl sites for hydroxylation is 1. The summed E-state index contributed by atoms with van der Waals surface area (Å²) in [7, 11) is 0. The van der Waals surface area contributed by atoms with Crippen molar-refractivity contribution in [3.8, 4) is 5.75 Å². The van der Waals surface area contributed by atoms with Crippen LogP contribution in [-0.4, -0.2) is 11.6 Å². The molecule has 0 spiro atoms. The van der Waals surface area contributed by atoms with Gasteiger partial charge in [0, 0.05) is 6.07 Å². The number of thiazole rings is 1. The van der Waals surface area contributed by atoms with Gasteiger partial charge in [0.25, 0.3) is 0 Å². The molecule has 17 heavy (non-hydrogen) atoms. The summed E-state index contributed by atoms with van der Waals surface area (Å²) in [6, 6.07) is 3.92. The summed E-state index contributed by atoms with van der Waals surface area (Å²) in [6.45, 7) is 2.78. The third-order valence-corrected chi connectivity index (χ3v) is 4.04. The molecule has 1 heterocycles. The molecule has 2 N–H and O–H groups in total. The Morgan fingerprint density at radius 2 is 2.29 bits per heavy atom. The number of fused-ring (bicyclic) bond motifs is 1. The normalized spacial score (nSPS) is 15.4. The largest absolute Gasteiger partial charge is 0.491 e. The molecule has 1 aromatic carbocycles. The smallest absolute Gasteiger partial charge is 0.144 e. The van der Waals surface area contributed by atoms with Crippen LogP contribution >= 0.6 is 11.3 Å². The van der Waals surface area contributed by atoms with Gasteiger partial charge in [-0.2, -0.15) is 0 Å². The van der Waals surface area contributed by atoms with E-state index in [1.54, 1.807) is 11.3 Å². The Balaban J connectivity index is 1.79. The Morgan fingerprint density at radius 1 is 1.47 bits per heavy atom. The Kier molecular flexibility index (Phi) is 2.67. The molecule has 0 radical (unpaired) electrons. The minimum Gasteiger partial charge on any atom is -0.491 e. The molecule has 0 atom stereocenters. The summed E-state index contributed by atoms with van der Waals surface area (Å²) in [5, 5.41) is 1.06. The standard InChI is InChI=1S/C13H16N2OS/c1-8-15-11-7-12(10(14)6-13(11)17-8)16-5-4-9-2-3-9/h6-7,9H,2-5,14H2,1H3. The summed E-state index contributed by atoms with van der Waals surface area (Å²) in [5.74, 6) is 1.67. The van der Waals surface area contributed by atoms with E-state index in [0.29, 0.717) is 0 Å². The fraction of sp³-hybridized carbons (Fsp3) is 0.462. The fourth-order valence-electron chi connectivity index (χ4n) is 1.95. The molecular weight excluding hydrogens is 232 g/mol. The lowest BCUT2D eigenvalue weighted by Gasteiger charge is -2.08. The van der Waals surface area contributed by atoms with Gasteiger partial charge in [0.1, 0.15) is 5.75 Å². The van der Waals surface area contributed by atoms with Crippen molar-refractivity contribution in [2.24, 2.45) is 5.92 Å². The van der Waals surface area contributed by atoms with Crippen molar-refractivity contribution < 1.29 is 4.74 Å². The first-order valence-electron chi connectivity index (χ1n) is 6.02. The Labute approximate surface area is 105 Å². The minimum absolute atomic E-state index is 0.719. The van der Waals surface area contributed by atoms with Crippen LogP contribution in [0.3, 0.4) is 0 Å². The predicted molar refractivity (Wildman–Crippen MR) is 71.6 cm³/mol. The average Bonchev–Trinajstić information content (AvgIpc) is 3.02. The molecule has 1 aliphatic rings. The third-order valence-electron chi connectivity index (χ3n) is 3.11. The number of benzene rings is 1. The summed E-state index contributed by atoms with van der Waals surface area (Å²) in [4.78, 5) is 4.45. The van der Waals surface area contributed by atoms with Crippen molar-refractivity contribution in [2.45, 2.75) is 26.2 Å². The third kappa shape index (κ3) is 2.36. The van der Waals surface area contributed by atoms with E-state index < -0.39 is 0 Å². The number of rotatable bonds is 4. The van der Waals surface area contributed by atoms with Gasteiger partial charge in [-0.3, -0.25) is 0 Å². The highest BCUT2D eigenvalue weighted by molar-refractivity contribution is 7.18. The van der Waals surface area contributed by atoms with Crippen LogP contribution in [0.2, 0.25) is 0 Å². The highest BCUT2D eigenvalue weighted by Gasteiger charge is 2.20. The van der Waals surface area contributed by atoms with Gasteiger partial charge < -0.3 is 10.5 Å². The van der Waals surface area contributed by atoms with Crippen LogP contribution in [0.4, 0.5) is 5.69 Å². The topological polar surface area (TPSA) is 48.1 Å². The van der Waals surface area contributed by atoms with Gasteiger partial charge in [0.15, 0.2) is 0 Å². The van der Waals surface area contributed by atoms with Crippen molar-refractivity contribution in [2.75, 3.05) is 12.3 Å². The van der Waals surface area contributed by atoms with Crippen LogP contribution in [0.1, 0.15) is 24.3 Å². The molecule has 2 aromatic rings. The van der Waals surface area contributed by atoms with Gasteiger partial charge in [0.2, 0.25) is 0 Å². The number of anilines is 1. The van der Waals surface area contributed by atoms with Crippen LogP contribution in [-0.2, 0) is 0 Å². The summed E-state index contributed by atoms with van der Waals surface area (Å²) >= 11 is 1.67. The molecule has 1 saturated carbocycles. The lowest BCUT2D eigenvalue weighted by Crippen LogP contribution is -2.01. The number of nitrogens with zero attached hydrogens (tertiary/aromatic N) is 1. The number of hydrogen-bond acceptors (Lipinski definition) is 4. The van der Waals surface area contributed by atoms with E-state index in [9.17, 15) is 0 Å². The van der Waals surface area contributed by atoms with Gasteiger partial charge in [0.05, 0.1) is 27.5 Å². The van der Waals surface area contributed by atoms with Crippen LogP contribution in [0.15, 0.2) is 12.1 Å². The van der Waals surface area contributed by atoms with Crippen molar-refractivity contribution in [1.29, 1.82) is 0 Å². The van der Waals surface area contributed by atoms with E-state index in [-0.39, 0.29) is 0 Å². The number of hydrogen-bond donors (Lipinski definition) is 1. The second kappa shape index (κ2) is 4.18. The monoisotopic (exact) mass is 248 g/mol. The number of aromatic nitrogens is 1. The predicted octanol–water partition coefficient (Wildman–Crippen LogP) is 3.37. The van der Waals surface area contributed by atoms with E-state index >= 15 is 0 Å². The van der Waals surface area contributed by atoms with E-state index in [4.69, 9.17) is 10.5 Å². The highest BCUT2D eigenvalue weighted by atomic mass is 32.1. The van der Waals surface area contributed by atoms with Gasteiger partial charge >= 0.3 is 0 Å². The molecule has 0 amide bonds. The quantitative estimate of drug-likeness (QED) is 0.844. The van der Waals surface area contributed by atoms with Crippen molar-refractivity contribution in [3.63, 3.8) is 0 Å². The minimum atomic E-state index is 0.719. The molecule has 1 aliphatic carbocycles. The molecule has 0 aliphatic heterocycles. The lowest BCUT2D eigenvalue weighted by atomic mass is 10.2. The van der Waals surface area contributed by atoms with Crippen LogP contribution in [0.5, 0.6) is 5.75 Å². The maximum Gasteiger partial charge on any atom is 0.144 e. The van der Waals surface area contributed by atoms with Gasteiger partial charge in [-0.05, 0) is 25.3 Å². The lowest BCUT2D eigenvalue weighted by molar-refractivity contribution is 0.304. The molecule has 4 heteroatoms. The second-order valence-corrected chi connectivity index (χ2v) is 5.91. The number of nitrogen functional groups attached to an aromatic ring is 1. The molecule has 1 aromatic heterocycles. The molecular formula is C13H16N2OS. The molecule has 1 fully saturated rings. The SMILES string of the molecule is Cc1nc2cc(OCCC3CC3)c(N)cc2s1. The number of nitrogens with two attached hydrogens (primary N) is 1. The van der Waals surface area contributed by atoms with E-state index in [2.05, 4.69) is 4.98 Å². The Bertz CT molecular complexity index is 546. The zero-order chi connectivity index (χ0) is 11.8. The van der Waals surface area contributed by atoms with Crippen LogP contribution in [0, 0.1) is 12.8 Å². The summed E-state index contributed by atoms with van der Waals surface area (Å²) < 4.78 is 6.88. The molecule has 0 saturated heterocycles. The van der Waals surface area contributed by atoms with Crippen LogP contribution in [0.25, 0.3) is 10.2 Å². The van der Waals surface area contributed by atoms with Crippen molar-refractivity contribution >= 4 is 27.2 Å². The summed E-state index contributed by atoms with van der Waals surface area (Å²) in [5.41, 5.74) is 7.69. The Hall–Kier alpha value is -1.29. The van der Waals surface area contributed by atoms with E-state index in [1.165, 1.54) is 12.8 Å². The Morgan fingerprint density at radius 3 is 3.06 bits per heavy atom. The first kappa shape index (κ1) is 10.8. The van der Waals surface area contributed by atoms with Gasteiger partial charge in [-0.25, -0.2) is 4.98 Å². The zero-order valence-corrected chi connectivity index (χ0v) is 10.7. The van der Waals surface area contributed by atoms with Crippen molar-refractivity contribution in [3.05, 3.63) is 17.1 Å². The average molecular weight is 248 g/mol. The number of ether oxygens (including phenoxy) is 1. The van der Waals surface area contributed by atoms with Gasteiger partial charge in [-0.1, -0.05) is 12.8 Å². The molecule has 0 unspecified atom stereocenters. The van der Waals surface area contributed by atoms with Gasteiger partial charge in [-0.15, -0.1) is 11.3 Å². The molecule has 90 valence electrons. The summed E-state index contributed by atoms with van der Waals surface area (Å²) in [6.07, 6.45) is 3.87. The molecule has 3 rings (SSSR count). The molecule has 0 bridgehead atoms. The fourth-order valence-corrected chi connectivity index (χ4v) is 2.81. The maximum atomic E-state index is 5.98.